The van der Waals surface area contributed by atoms with Crippen LogP contribution in [0.1, 0.15) is 28.9 Å². The van der Waals surface area contributed by atoms with Crippen LogP contribution >= 0.6 is 0 Å². The van der Waals surface area contributed by atoms with Gasteiger partial charge in [-0.05, 0) is 43.2 Å². The average molecular weight is 327 g/mol. The van der Waals surface area contributed by atoms with E-state index in [-0.39, 0.29) is 11.8 Å². The minimum atomic E-state index is -0.280. The van der Waals surface area contributed by atoms with E-state index in [2.05, 4.69) is 15.6 Å². The zero-order chi connectivity index (χ0) is 17.4. The number of carbonyl (C=O) groups is 2. The normalized spacial score (nSPS) is 10.1. The molecule has 0 aliphatic rings. The van der Waals surface area contributed by atoms with E-state index in [0.29, 0.717) is 29.8 Å². The maximum atomic E-state index is 12.1. The molecule has 0 spiro atoms. The molecule has 126 valence electrons. The summed E-state index contributed by atoms with van der Waals surface area (Å²) in [6.07, 6.45) is 3.52. The molecule has 0 radical (unpaired) electrons. The van der Waals surface area contributed by atoms with Crippen LogP contribution in [-0.4, -0.2) is 31.0 Å². The van der Waals surface area contributed by atoms with Gasteiger partial charge in [0.2, 0.25) is 5.91 Å². The Balaban J connectivity index is 1.96. The molecule has 6 heteroatoms. The second-order valence-electron chi connectivity index (χ2n) is 5.21. The third-order valence-electron chi connectivity index (χ3n) is 3.54. The first-order valence-corrected chi connectivity index (χ1v) is 7.74. The molecule has 0 atom stereocenters. The van der Waals surface area contributed by atoms with Crippen LogP contribution in [0.15, 0.2) is 42.6 Å². The van der Waals surface area contributed by atoms with Crippen molar-refractivity contribution in [1.29, 1.82) is 0 Å². The van der Waals surface area contributed by atoms with Crippen LogP contribution in [0, 0.1) is 0 Å². The van der Waals surface area contributed by atoms with Crippen molar-refractivity contribution in [2.45, 2.75) is 19.3 Å². The Morgan fingerprint density at radius 3 is 2.71 bits per heavy atom. The van der Waals surface area contributed by atoms with Gasteiger partial charge in [-0.1, -0.05) is 6.07 Å². The maximum Gasteiger partial charge on any atom is 0.253 e. The van der Waals surface area contributed by atoms with Gasteiger partial charge in [-0.2, -0.15) is 0 Å². The lowest BCUT2D eigenvalue weighted by Crippen LogP contribution is -2.21. The molecule has 1 aromatic heterocycles. The number of benzene rings is 1. The summed E-state index contributed by atoms with van der Waals surface area (Å²) in [4.78, 5) is 28.3. The molecule has 1 heterocycles. The van der Waals surface area contributed by atoms with E-state index in [1.54, 1.807) is 31.4 Å². The van der Waals surface area contributed by atoms with Gasteiger partial charge in [-0.3, -0.25) is 14.6 Å². The number of hydrogen-bond donors (Lipinski definition) is 2. The number of carbonyl (C=O) groups excluding carboxylic acids is 2. The van der Waals surface area contributed by atoms with Gasteiger partial charge in [0, 0.05) is 25.4 Å². The molecule has 2 rings (SSSR count). The molecule has 2 aromatic rings. The predicted octanol–water partition coefficient (Wildman–Crippen LogP) is 2.41. The number of hydrogen-bond acceptors (Lipinski definition) is 4. The lowest BCUT2D eigenvalue weighted by atomic mass is 10.1. The van der Waals surface area contributed by atoms with E-state index in [0.717, 1.165) is 12.1 Å². The minimum absolute atomic E-state index is 0.138. The van der Waals surface area contributed by atoms with Crippen LogP contribution in [0.25, 0.3) is 0 Å². The highest BCUT2D eigenvalue weighted by Crippen LogP contribution is 2.22. The van der Waals surface area contributed by atoms with Crippen molar-refractivity contribution in [1.82, 2.24) is 10.3 Å². The summed E-state index contributed by atoms with van der Waals surface area (Å²) in [6.45, 7) is 0. The van der Waals surface area contributed by atoms with Gasteiger partial charge in [0.05, 0.1) is 18.4 Å². The Bertz CT molecular complexity index is 702. The molecule has 2 amide bonds. The monoisotopic (exact) mass is 327 g/mol. The number of aromatic nitrogens is 1. The van der Waals surface area contributed by atoms with Gasteiger partial charge in [-0.15, -0.1) is 0 Å². The van der Waals surface area contributed by atoms with Crippen molar-refractivity contribution in [3.63, 3.8) is 0 Å². The molecule has 24 heavy (non-hydrogen) atoms. The summed E-state index contributed by atoms with van der Waals surface area (Å²) in [6, 6.07) is 10.7. The smallest absolute Gasteiger partial charge is 0.253 e. The first-order valence-electron chi connectivity index (χ1n) is 7.74. The number of methoxy groups -OCH3 is 1. The number of nitrogens with zero attached hydrogens (tertiary/aromatic N) is 1. The van der Waals surface area contributed by atoms with E-state index < -0.39 is 0 Å². The number of ether oxygens (including phenoxy) is 1. The summed E-state index contributed by atoms with van der Waals surface area (Å²) >= 11 is 0. The summed E-state index contributed by atoms with van der Waals surface area (Å²) in [5.74, 6) is 0.140. The summed E-state index contributed by atoms with van der Waals surface area (Å²) in [7, 11) is 3.07. The third-order valence-corrected chi connectivity index (χ3v) is 3.54. The molecule has 0 saturated heterocycles. The van der Waals surface area contributed by atoms with Crippen molar-refractivity contribution in [3.05, 3.63) is 53.9 Å². The second kappa shape index (κ2) is 8.67. The SMILES string of the molecule is CNC(=O)c1cc(OC)ccc1NC(=O)CCCc1ccccn1. The zero-order valence-electron chi connectivity index (χ0n) is 13.8. The van der Waals surface area contributed by atoms with Gasteiger partial charge in [0.15, 0.2) is 0 Å². The fraction of sp³-hybridized carbons (Fsp3) is 0.278. The van der Waals surface area contributed by atoms with E-state index in [9.17, 15) is 9.59 Å². The third kappa shape index (κ3) is 4.81. The van der Waals surface area contributed by atoms with Crippen LogP contribution < -0.4 is 15.4 Å². The van der Waals surface area contributed by atoms with Crippen LogP contribution in [0.4, 0.5) is 5.69 Å². The first-order chi connectivity index (χ1) is 11.6. The predicted molar refractivity (Wildman–Crippen MR) is 92.2 cm³/mol. The van der Waals surface area contributed by atoms with Gasteiger partial charge in [-0.25, -0.2) is 0 Å². The lowest BCUT2D eigenvalue weighted by Gasteiger charge is -2.12. The molecular formula is C18H21N3O3. The molecule has 6 nitrogen and oxygen atoms in total. The highest BCUT2D eigenvalue weighted by atomic mass is 16.5. The Hall–Kier alpha value is -2.89. The molecule has 0 fully saturated rings. The average Bonchev–Trinajstić information content (AvgIpc) is 2.62. The highest BCUT2D eigenvalue weighted by molar-refractivity contribution is 6.04. The van der Waals surface area contributed by atoms with Gasteiger partial charge in [0.1, 0.15) is 5.75 Å². The Morgan fingerprint density at radius 2 is 2.04 bits per heavy atom. The quantitative estimate of drug-likeness (QED) is 0.818. The molecule has 2 N–H and O–H groups in total. The highest BCUT2D eigenvalue weighted by Gasteiger charge is 2.13. The zero-order valence-corrected chi connectivity index (χ0v) is 13.8. The Kier molecular flexibility index (Phi) is 6.31. The van der Waals surface area contributed by atoms with Crippen LogP contribution in [-0.2, 0) is 11.2 Å². The number of nitrogens with one attached hydrogen (secondary N) is 2. The van der Waals surface area contributed by atoms with Crippen LogP contribution in [0.5, 0.6) is 5.75 Å². The number of aryl methyl sites for hydroxylation is 1. The standard InChI is InChI=1S/C18H21N3O3/c1-19-18(23)15-12-14(24-2)9-10-16(15)21-17(22)8-5-7-13-6-3-4-11-20-13/h3-4,6,9-12H,5,7-8H2,1-2H3,(H,19,23)(H,21,22). The summed E-state index contributed by atoms with van der Waals surface area (Å²) in [5.41, 5.74) is 1.80. The number of anilines is 1. The van der Waals surface area contributed by atoms with E-state index in [1.165, 1.54) is 7.11 Å². The Labute approximate surface area is 141 Å². The van der Waals surface area contributed by atoms with Crippen LogP contribution in [0.2, 0.25) is 0 Å². The second-order valence-corrected chi connectivity index (χ2v) is 5.21. The fourth-order valence-electron chi connectivity index (χ4n) is 2.27. The van der Waals surface area contributed by atoms with E-state index in [4.69, 9.17) is 4.74 Å². The minimum Gasteiger partial charge on any atom is -0.497 e. The van der Waals surface area contributed by atoms with Gasteiger partial charge >= 0.3 is 0 Å². The number of amides is 2. The van der Waals surface area contributed by atoms with E-state index in [1.807, 2.05) is 18.2 Å². The molecule has 0 bridgehead atoms. The van der Waals surface area contributed by atoms with Crippen molar-refractivity contribution >= 4 is 17.5 Å². The maximum absolute atomic E-state index is 12.1. The van der Waals surface area contributed by atoms with Gasteiger partial charge < -0.3 is 15.4 Å². The van der Waals surface area contributed by atoms with Crippen LogP contribution in [0.3, 0.4) is 0 Å². The Morgan fingerprint density at radius 1 is 1.21 bits per heavy atom. The molecule has 0 aliphatic heterocycles. The van der Waals surface area contributed by atoms with Crippen molar-refractivity contribution < 1.29 is 14.3 Å². The van der Waals surface area contributed by atoms with Crippen molar-refractivity contribution in [2.75, 3.05) is 19.5 Å². The summed E-state index contributed by atoms with van der Waals surface area (Å²) in [5, 5.41) is 5.34. The molecular weight excluding hydrogens is 306 g/mol. The molecule has 0 unspecified atom stereocenters. The van der Waals surface area contributed by atoms with Crippen molar-refractivity contribution in [2.24, 2.45) is 0 Å². The number of rotatable bonds is 7. The first kappa shape index (κ1) is 17.5. The number of pyridine rings is 1. The summed E-state index contributed by atoms with van der Waals surface area (Å²) < 4.78 is 5.12. The van der Waals surface area contributed by atoms with E-state index >= 15 is 0 Å². The largest absolute Gasteiger partial charge is 0.497 e. The topological polar surface area (TPSA) is 80.3 Å². The molecule has 0 aliphatic carbocycles. The molecule has 1 aromatic carbocycles. The lowest BCUT2D eigenvalue weighted by molar-refractivity contribution is -0.116. The fourth-order valence-corrected chi connectivity index (χ4v) is 2.27. The van der Waals surface area contributed by atoms with Gasteiger partial charge in [0.25, 0.3) is 5.91 Å². The van der Waals surface area contributed by atoms with Crippen molar-refractivity contribution in [3.8, 4) is 5.75 Å². The molecule has 0 saturated carbocycles.